The van der Waals surface area contributed by atoms with Crippen molar-refractivity contribution >= 4 is 29.1 Å². The molecule has 34 heavy (non-hydrogen) atoms. The number of nitrogens with one attached hydrogen (secondary N) is 1. The maximum Gasteiger partial charge on any atom is 0.243 e. The number of amides is 3. The summed E-state index contributed by atoms with van der Waals surface area (Å²) in [7, 11) is 0. The predicted octanol–water partition coefficient (Wildman–Crippen LogP) is 2.70. The van der Waals surface area contributed by atoms with Gasteiger partial charge >= 0.3 is 0 Å². The van der Waals surface area contributed by atoms with Crippen molar-refractivity contribution in [2.24, 2.45) is 5.92 Å². The van der Waals surface area contributed by atoms with Crippen LogP contribution in [0.15, 0.2) is 42.5 Å². The van der Waals surface area contributed by atoms with Crippen LogP contribution in [0.4, 0.5) is 11.4 Å². The van der Waals surface area contributed by atoms with Gasteiger partial charge in [0.05, 0.1) is 24.8 Å². The predicted molar refractivity (Wildman–Crippen MR) is 126 cm³/mol. The van der Waals surface area contributed by atoms with Crippen molar-refractivity contribution in [3.8, 4) is 17.2 Å². The number of ether oxygens (including phenoxy) is 3. The van der Waals surface area contributed by atoms with Crippen molar-refractivity contribution in [1.29, 1.82) is 0 Å². The maximum atomic E-state index is 13.2. The Morgan fingerprint density at radius 1 is 1.12 bits per heavy atom. The normalized spacial score (nSPS) is 16.8. The molecule has 0 radical (unpaired) electrons. The van der Waals surface area contributed by atoms with Gasteiger partial charge in [0.15, 0.2) is 11.5 Å². The first-order valence-electron chi connectivity index (χ1n) is 11.5. The monoisotopic (exact) mass is 467 g/mol. The Morgan fingerprint density at radius 2 is 1.88 bits per heavy atom. The number of anilines is 2. The van der Waals surface area contributed by atoms with Crippen molar-refractivity contribution in [1.82, 2.24) is 4.90 Å². The van der Waals surface area contributed by atoms with E-state index in [1.807, 2.05) is 38.1 Å². The number of likely N-dealkylation sites (N-methyl/N-ethyl adjacent to an activating group) is 1. The largest absolute Gasteiger partial charge is 0.492 e. The van der Waals surface area contributed by atoms with E-state index in [1.54, 1.807) is 23.1 Å². The summed E-state index contributed by atoms with van der Waals surface area (Å²) in [6.45, 7) is 5.61. The zero-order valence-electron chi connectivity index (χ0n) is 19.4. The number of hydrogen-bond donors (Lipinski definition) is 1. The highest BCUT2D eigenvalue weighted by Crippen LogP contribution is 2.34. The maximum absolute atomic E-state index is 13.2. The van der Waals surface area contributed by atoms with Crippen LogP contribution in [0.3, 0.4) is 0 Å². The molecule has 0 saturated carbocycles. The molecular weight excluding hydrogens is 438 g/mol. The summed E-state index contributed by atoms with van der Waals surface area (Å²) >= 11 is 0. The highest BCUT2D eigenvalue weighted by atomic mass is 16.6. The summed E-state index contributed by atoms with van der Waals surface area (Å²) in [5.74, 6) is 0.615. The van der Waals surface area contributed by atoms with Gasteiger partial charge in [0.1, 0.15) is 19.0 Å². The molecule has 0 aliphatic carbocycles. The lowest BCUT2D eigenvalue weighted by Crippen LogP contribution is -2.42. The molecule has 1 N–H and O–H groups in total. The van der Waals surface area contributed by atoms with Crippen LogP contribution < -0.4 is 24.4 Å². The number of fused-ring (bicyclic) bond motifs is 1. The van der Waals surface area contributed by atoms with E-state index in [0.717, 1.165) is 0 Å². The first-order valence-corrected chi connectivity index (χ1v) is 11.5. The number of para-hydroxylation sites is 2. The minimum Gasteiger partial charge on any atom is -0.492 e. The quantitative estimate of drug-likeness (QED) is 0.641. The third kappa shape index (κ3) is 5.08. The Hall–Kier alpha value is -3.75. The van der Waals surface area contributed by atoms with E-state index in [1.165, 1.54) is 4.90 Å². The van der Waals surface area contributed by atoms with Crippen molar-refractivity contribution in [2.45, 2.75) is 20.3 Å². The Labute approximate surface area is 198 Å². The van der Waals surface area contributed by atoms with Gasteiger partial charge in [-0.15, -0.1) is 0 Å². The molecule has 1 atom stereocenters. The minimum atomic E-state index is -0.524. The molecule has 1 saturated heterocycles. The molecular formula is C25H29N3O6. The van der Waals surface area contributed by atoms with E-state index in [0.29, 0.717) is 55.0 Å². The van der Waals surface area contributed by atoms with Gasteiger partial charge in [-0.3, -0.25) is 14.4 Å². The fraction of sp³-hybridized carbons (Fsp3) is 0.400. The SMILES string of the molecule is CCOc1ccccc1N1C[C@@H](C(=O)N(CC)CC(=O)Nc2ccc3c(c2)OCCO3)CC1=O. The standard InChI is InChI=1S/C25H29N3O6/c1-3-27(16-23(29)26-18-9-10-21-22(14-18)34-12-11-33-21)25(31)17-13-24(30)28(15-17)19-7-5-6-8-20(19)32-4-2/h5-10,14,17H,3-4,11-13,15-16H2,1-2H3,(H,26,29)/t17-/m0/s1. The molecule has 2 aliphatic heterocycles. The fourth-order valence-electron chi connectivity index (χ4n) is 4.16. The van der Waals surface area contributed by atoms with Crippen LogP contribution in [-0.4, -0.2) is 62.1 Å². The molecule has 0 spiro atoms. The summed E-state index contributed by atoms with van der Waals surface area (Å²) in [5.41, 5.74) is 1.22. The molecule has 0 aromatic heterocycles. The molecule has 2 aromatic carbocycles. The van der Waals surface area contributed by atoms with Gasteiger partial charge in [-0.25, -0.2) is 0 Å². The average molecular weight is 468 g/mol. The second-order valence-electron chi connectivity index (χ2n) is 8.07. The summed E-state index contributed by atoms with van der Waals surface area (Å²) in [5, 5.41) is 2.80. The lowest BCUT2D eigenvalue weighted by molar-refractivity contribution is -0.138. The van der Waals surface area contributed by atoms with Crippen LogP contribution in [0, 0.1) is 5.92 Å². The van der Waals surface area contributed by atoms with Crippen LogP contribution in [0.2, 0.25) is 0 Å². The molecule has 2 aliphatic rings. The van der Waals surface area contributed by atoms with Gasteiger partial charge in [-0.2, -0.15) is 0 Å². The number of rotatable bonds is 8. The van der Waals surface area contributed by atoms with Crippen molar-refractivity contribution < 1.29 is 28.6 Å². The highest BCUT2D eigenvalue weighted by Gasteiger charge is 2.38. The zero-order valence-corrected chi connectivity index (χ0v) is 19.4. The van der Waals surface area contributed by atoms with Crippen molar-refractivity contribution in [3.63, 3.8) is 0 Å². The van der Waals surface area contributed by atoms with Crippen LogP contribution in [0.1, 0.15) is 20.3 Å². The molecule has 1 fully saturated rings. The molecule has 9 heteroatoms. The lowest BCUT2D eigenvalue weighted by Gasteiger charge is -2.24. The van der Waals surface area contributed by atoms with Gasteiger partial charge in [0.2, 0.25) is 17.7 Å². The molecule has 0 unspecified atom stereocenters. The van der Waals surface area contributed by atoms with Crippen molar-refractivity contribution in [3.05, 3.63) is 42.5 Å². The number of carbonyl (C=O) groups excluding carboxylic acids is 3. The molecule has 9 nitrogen and oxygen atoms in total. The van der Waals surface area contributed by atoms with Gasteiger partial charge < -0.3 is 29.3 Å². The number of benzene rings is 2. The lowest BCUT2D eigenvalue weighted by atomic mass is 10.1. The molecule has 0 bridgehead atoms. The number of hydrogen-bond acceptors (Lipinski definition) is 6. The number of carbonyl (C=O) groups is 3. The smallest absolute Gasteiger partial charge is 0.243 e. The van der Waals surface area contributed by atoms with Gasteiger partial charge in [0, 0.05) is 31.3 Å². The minimum absolute atomic E-state index is 0.0968. The molecule has 180 valence electrons. The fourth-order valence-corrected chi connectivity index (χ4v) is 4.16. The summed E-state index contributed by atoms with van der Waals surface area (Å²) in [6, 6.07) is 12.5. The van der Waals surface area contributed by atoms with Gasteiger partial charge in [0.25, 0.3) is 0 Å². The summed E-state index contributed by atoms with van der Waals surface area (Å²) in [4.78, 5) is 41.7. The van der Waals surface area contributed by atoms with Gasteiger partial charge in [-0.1, -0.05) is 12.1 Å². The highest BCUT2D eigenvalue weighted by molar-refractivity contribution is 6.02. The van der Waals surface area contributed by atoms with Gasteiger partial charge in [-0.05, 0) is 38.1 Å². The molecule has 4 rings (SSSR count). The van der Waals surface area contributed by atoms with Crippen molar-refractivity contribution in [2.75, 3.05) is 49.7 Å². The third-order valence-electron chi connectivity index (χ3n) is 5.78. The van der Waals surface area contributed by atoms with Crippen LogP contribution in [-0.2, 0) is 14.4 Å². The Balaban J connectivity index is 1.39. The van der Waals surface area contributed by atoms with Crippen LogP contribution in [0.25, 0.3) is 0 Å². The first-order chi connectivity index (χ1) is 16.5. The second kappa shape index (κ2) is 10.5. The van der Waals surface area contributed by atoms with E-state index >= 15 is 0 Å². The van der Waals surface area contributed by atoms with E-state index in [2.05, 4.69) is 5.32 Å². The number of nitrogens with zero attached hydrogens (tertiary/aromatic N) is 2. The molecule has 3 amide bonds. The van der Waals surface area contributed by atoms with E-state index in [4.69, 9.17) is 14.2 Å². The van der Waals surface area contributed by atoms with Crippen LogP contribution in [0.5, 0.6) is 17.2 Å². The topological polar surface area (TPSA) is 97.4 Å². The molecule has 2 heterocycles. The Kier molecular flexibility index (Phi) is 7.20. The zero-order chi connectivity index (χ0) is 24.1. The second-order valence-corrected chi connectivity index (χ2v) is 8.07. The average Bonchev–Trinajstić information content (AvgIpc) is 3.24. The van der Waals surface area contributed by atoms with E-state index in [9.17, 15) is 14.4 Å². The first kappa shape index (κ1) is 23.4. The van der Waals surface area contributed by atoms with Crippen LogP contribution >= 0.6 is 0 Å². The Morgan fingerprint density at radius 3 is 2.65 bits per heavy atom. The molecule has 2 aromatic rings. The van der Waals surface area contributed by atoms with E-state index in [-0.39, 0.29) is 37.2 Å². The van der Waals surface area contributed by atoms with E-state index < -0.39 is 5.92 Å². The summed E-state index contributed by atoms with van der Waals surface area (Å²) < 4.78 is 16.7. The summed E-state index contributed by atoms with van der Waals surface area (Å²) in [6.07, 6.45) is 0.0968. The Bertz CT molecular complexity index is 1070. The third-order valence-corrected chi connectivity index (χ3v) is 5.78.